The summed E-state index contributed by atoms with van der Waals surface area (Å²) in [7, 11) is 3.27. The van der Waals surface area contributed by atoms with Crippen LogP contribution in [0.3, 0.4) is 0 Å². The summed E-state index contributed by atoms with van der Waals surface area (Å²) < 4.78 is 10.8. The zero-order valence-corrected chi connectivity index (χ0v) is 13.4. The minimum Gasteiger partial charge on any atom is -0.507 e. The smallest absolute Gasteiger partial charge is 0.161 e. The van der Waals surface area contributed by atoms with Gasteiger partial charge in [-0.05, 0) is 35.9 Å². The lowest BCUT2D eigenvalue weighted by molar-refractivity contribution is -0.690. The number of phenols is 1. The van der Waals surface area contributed by atoms with Crippen molar-refractivity contribution in [3.63, 3.8) is 0 Å². The second kappa shape index (κ2) is 6.07. The second-order valence-corrected chi connectivity index (χ2v) is 5.80. The number of quaternary nitrogens is 1. The van der Waals surface area contributed by atoms with Gasteiger partial charge in [0.2, 0.25) is 0 Å². The Kier molecular flexibility index (Phi) is 4.14. The molecule has 0 radical (unpaired) electrons. The van der Waals surface area contributed by atoms with Crippen molar-refractivity contribution in [2.24, 2.45) is 0 Å². The summed E-state index contributed by atoms with van der Waals surface area (Å²) >= 11 is 6.10. The fourth-order valence-electron chi connectivity index (χ4n) is 3.04. The van der Waals surface area contributed by atoms with Crippen molar-refractivity contribution in [2.75, 3.05) is 20.8 Å². The zero-order valence-electron chi connectivity index (χ0n) is 12.6. The highest BCUT2D eigenvalue weighted by Gasteiger charge is 2.29. The van der Waals surface area contributed by atoms with Gasteiger partial charge < -0.3 is 19.9 Å². The van der Waals surface area contributed by atoms with E-state index in [4.69, 9.17) is 21.1 Å². The van der Waals surface area contributed by atoms with Gasteiger partial charge in [-0.3, -0.25) is 0 Å². The van der Waals surface area contributed by atoms with Gasteiger partial charge in [-0.25, -0.2) is 0 Å². The molecule has 0 aliphatic carbocycles. The summed E-state index contributed by atoms with van der Waals surface area (Å²) in [5, 5.41) is 13.0. The Morgan fingerprint density at radius 2 is 1.82 bits per heavy atom. The fourth-order valence-corrected chi connectivity index (χ4v) is 3.22. The Bertz CT molecular complexity index is 703. The molecule has 2 aromatic carbocycles. The fraction of sp³-hybridized carbons (Fsp3) is 0.294. The van der Waals surface area contributed by atoms with Crippen LogP contribution in [0.5, 0.6) is 17.2 Å². The predicted octanol–water partition coefficient (Wildman–Crippen LogP) is 2.27. The summed E-state index contributed by atoms with van der Waals surface area (Å²) in [5.41, 5.74) is 3.16. The molecule has 0 bridgehead atoms. The molecular formula is C17H19ClNO3+. The predicted molar refractivity (Wildman–Crippen MR) is 85.0 cm³/mol. The Hall–Kier alpha value is -1.91. The van der Waals surface area contributed by atoms with Crippen molar-refractivity contribution in [1.29, 1.82) is 0 Å². The molecule has 5 heteroatoms. The number of ether oxygens (including phenoxy) is 2. The summed E-state index contributed by atoms with van der Waals surface area (Å²) in [6, 6.07) is 9.18. The maximum absolute atomic E-state index is 10.2. The molecule has 0 unspecified atom stereocenters. The van der Waals surface area contributed by atoms with Crippen LogP contribution in [0.4, 0.5) is 0 Å². The highest BCUT2D eigenvalue weighted by Crippen LogP contribution is 2.37. The van der Waals surface area contributed by atoms with Gasteiger partial charge in [0.1, 0.15) is 11.8 Å². The van der Waals surface area contributed by atoms with Gasteiger partial charge in [-0.15, -0.1) is 0 Å². The average Bonchev–Trinajstić information content (AvgIpc) is 2.55. The Morgan fingerprint density at radius 1 is 1.09 bits per heavy atom. The van der Waals surface area contributed by atoms with Crippen molar-refractivity contribution in [2.45, 2.75) is 12.5 Å². The number of benzene rings is 2. The van der Waals surface area contributed by atoms with E-state index >= 15 is 0 Å². The third kappa shape index (κ3) is 2.60. The number of phenolic OH excluding ortho intramolecular Hbond substituents is 1. The van der Waals surface area contributed by atoms with Gasteiger partial charge in [0.15, 0.2) is 11.5 Å². The number of aromatic hydroxyl groups is 1. The summed E-state index contributed by atoms with van der Waals surface area (Å²) in [5.74, 6) is 1.69. The lowest BCUT2D eigenvalue weighted by atomic mass is 9.89. The number of hydrogen-bond donors (Lipinski definition) is 2. The summed E-state index contributed by atoms with van der Waals surface area (Å²) in [6.07, 6.45) is 0.952. The van der Waals surface area contributed by atoms with E-state index in [0.717, 1.165) is 29.8 Å². The second-order valence-electron chi connectivity index (χ2n) is 5.36. The topological polar surface area (TPSA) is 55.3 Å². The normalized spacial score (nSPS) is 17.0. The van der Waals surface area contributed by atoms with Crippen LogP contribution < -0.4 is 14.8 Å². The molecule has 0 saturated heterocycles. The zero-order chi connectivity index (χ0) is 15.7. The van der Waals surface area contributed by atoms with Gasteiger partial charge in [0, 0.05) is 17.0 Å². The maximum Gasteiger partial charge on any atom is 0.161 e. The van der Waals surface area contributed by atoms with E-state index in [1.807, 2.05) is 18.2 Å². The van der Waals surface area contributed by atoms with E-state index in [1.54, 1.807) is 26.4 Å². The van der Waals surface area contributed by atoms with E-state index in [-0.39, 0.29) is 11.8 Å². The molecule has 2 aromatic rings. The average molecular weight is 321 g/mol. The minimum atomic E-state index is 0.00209. The van der Waals surface area contributed by atoms with Crippen molar-refractivity contribution < 1.29 is 19.9 Å². The molecule has 0 spiro atoms. The van der Waals surface area contributed by atoms with Crippen molar-refractivity contribution in [1.82, 2.24) is 0 Å². The van der Waals surface area contributed by atoms with Crippen LogP contribution in [0.15, 0.2) is 30.3 Å². The molecule has 1 aliphatic heterocycles. The molecule has 0 fully saturated rings. The van der Waals surface area contributed by atoms with Crippen LogP contribution in [0.1, 0.15) is 22.7 Å². The van der Waals surface area contributed by atoms with Crippen LogP contribution in [0.25, 0.3) is 0 Å². The molecule has 1 atom stereocenters. The highest BCUT2D eigenvalue weighted by molar-refractivity contribution is 6.30. The van der Waals surface area contributed by atoms with Crippen molar-refractivity contribution in [3.05, 3.63) is 52.0 Å². The van der Waals surface area contributed by atoms with Crippen molar-refractivity contribution in [3.8, 4) is 17.2 Å². The first-order valence-corrected chi connectivity index (χ1v) is 7.58. The highest BCUT2D eigenvalue weighted by atomic mass is 35.5. The summed E-state index contributed by atoms with van der Waals surface area (Å²) in [4.78, 5) is 0. The van der Waals surface area contributed by atoms with Crippen LogP contribution >= 0.6 is 11.6 Å². The van der Waals surface area contributed by atoms with E-state index in [2.05, 4.69) is 5.32 Å². The molecular weight excluding hydrogens is 302 g/mol. The van der Waals surface area contributed by atoms with Gasteiger partial charge in [-0.1, -0.05) is 11.6 Å². The van der Waals surface area contributed by atoms with Gasteiger partial charge in [-0.2, -0.15) is 0 Å². The third-order valence-electron chi connectivity index (χ3n) is 4.12. The van der Waals surface area contributed by atoms with Gasteiger partial charge in [0.05, 0.1) is 26.3 Å². The molecule has 0 aromatic heterocycles. The molecule has 22 heavy (non-hydrogen) atoms. The van der Waals surface area contributed by atoms with Crippen LogP contribution in [-0.2, 0) is 6.42 Å². The molecule has 3 rings (SSSR count). The maximum atomic E-state index is 10.2. The van der Waals surface area contributed by atoms with Crippen LogP contribution in [0, 0.1) is 0 Å². The monoisotopic (exact) mass is 320 g/mol. The Morgan fingerprint density at radius 3 is 2.55 bits per heavy atom. The molecule has 0 amide bonds. The molecule has 1 heterocycles. The van der Waals surface area contributed by atoms with E-state index in [9.17, 15) is 5.11 Å². The number of rotatable bonds is 3. The Labute approximate surface area is 134 Å². The molecule has 0 saturated carbocycles. The molecule has 1 aliphatic rings. The largest absolute Gasteiger partial charge is 0.507 e. The lowest BCUT2D eigenvalue weighted by Crippen LogP contribution is -2.87. The van der Waals surface area contributed by atoms with Gasteiger partial charge >= 0.3 is 0 Å². The van der Waals surface area contributed by atoms with Crippen molar-refractivity contribution >= 4 is 11.6 Å². The van der Waals surface area contributed by atoms with Crippen LogP contribution in [-0.4, -0.2) is 25.9 Å². The van der Waals surface area contributed by atoms with Crippen LogP contribution in [0.2, 0.25) is 5.02 Å². The van der Waals surface area contributed by atoms with Gasteiger partial charge in [0.25, 0.3) is 0 Å². The minimum absolute atomic E-state index is 0.00209. The molecule has 4 nitrogen and oxygen atoms in total. The van der Waals surface area contributed by atoms with E-state index in [0.29, 0.717) is 10.8 Å². The Balaban J connectivity index is 2.13. The lowest BCUT2D eigenvalue weighted by Gasteiger charge is -2.26. The molecule has 116 valence electrons. The number of hydrogen-bond acceptors (Lipinski definition) is 3. The standard InChI is InChI=1S/C17H18ClNO3/c1-21-15-7-10-5-6-19-17(12(10)9-16(15)22-2)13-8-11(18)3-4-14(13)20/h3-4,7-9,17,19-20H,5-6H2,1-2H3/p+1/t17-/m0/s1. The quantitative estimate of drug-likeness (QED) is 0.912. The first-order valence-electron chi connectivity index (χ1n) is 7.20. The first-order chi connectivity index (χ1) is 10.6. The number of methoxy groups -OCH3 is 2. The first kappa shape index (κ1) is 15.0. The van der Waals surface area contributed by atoms with E-state index in [1.165, 1.54) is 5.56 Å². The third-order valence-corrected chi connectivity index (χ3v) is 4.36. The number of fused-ring (bicyclic) bond motifs is 1. The SMILES string of the molecule is COc1cc2c(cc1OC)[C@@H](c1cc(Cl)ccc1O)[NH2+]CC2. The van der Waals surface area contributed by atoms with E-state index < -0.39 is 0 Å². The number of nitrogens with two attached hydrogens (primary N) is 1. The summed E-state index contributed by atoms with van der Waals surface area (Å²) in [6.45, 7) is 0.944. The number of halogens is 1. The molecule has 3 N–H and O–H groups in total.